The number of likely N-dealkylation sites (tertiary alicyclic amines) is 1. The van der Waals surface area contributed by atoms with Crippen LogP contribution < -0.4 is 5.32 Å². The summed E-state index contributed by atoms with van der Waals surface area (Å²) in [5.74, 6) is 0. The number of piperidine rings is 1. The SMILES string of the molecule is C1CC1N1CCC2(CC1)CNC2.Cl.Cl. The van der Waals surface area contributed by atoms with Gasteiger partial charge in [0.15, 0.2) is 0 Å². The van der Waals surface area contributed by atoms with Crippen LogP contribution in [0.2, 0.25) is 0 Å². The minimum absolute atomic E-state index is 0. The molecule has 0 aromatic rings. The van der Waals surface area contributed by atoms with E-state index in [0.717, 1.165) is 11.5 Å². The van der Waals surface area contributed by atoms with E-state index in [1.807, 2.05) is 0 Å². The Kier molecular flexibility index (Phi) is 4.10. The number of nitrogens with zero attached hydrogens (tertiary/aromatic N) is 1. The van der Waals surface area contributed by atoms with Crippen molar-refractivity contribution in [3.8, 4) is 0 Å². The van der Waals surface area contributed by atoms with Gasteiger partial charge in [0.2, 0.25) is 0 Å². The van der Waals surface area contributed by atoms with Crippen LogP contribution in [0.25, 0.3) is 0 Å². The molecular weight excluding hydrogens is 219 g/mol. The van der Waals surface area contributed by atoms with Crippen molar-refractivity contribution in [2.24, 2.45) is 5.41 Å². The lowest BCUT2D eigenvalue weighted by molar-refractivity contribution is 0.0518. The first-order valence-electron chi connectivity index (χ1n) is 5.33. The fourth-order valence-corrected chi connectivity index (χ4v) is 2.64. The molecule has 2 nitrogen and oxygen atoms in total. The molecule has 3 aliphatic rings. The highest BCUT2D eigenvalue weighted by Crippen LogP contribution is 2.38. The average molecular weight is 239 g/mol. The zero-order valence-corrected chi connectivity index (χ0v) is 10.1. The van der Waals surface area contributed by atoms with Gasteiger partial charge >= 0.3 is 0 Å². The predicted octanol–water partition coefficient (Wildman–Crippen LogP) is 1.68. The van der Waals surface area contributed by atoms with Gasteiger partial charge < -0.3 is 10.2 Å². The number of nitrogens with one attached hydrogen (secondary N) is 1. The quantitative estimate of drug-likeness (QED) is 0.749. The summed E-state index contributed by atoms with van der Waals surface area (Å²) in [7, 11) is 0. The fraction of sp³-hybridized carbons (Fsp3) is 1.00. The molecule has 1 N–H and O–H groups in total. The van der Waals surface area contributed by atoms with E-state index in [9.17, 15) is 0 Å². The van der Waals surface area contributed by atoms with E-state index in [0.29, 0.717) is 0 Å². The summed E-state index contributed by atoms with van der Waals surface area (Å²) in [5.41, 5.74) is 0.741. The second kappa shape index (κ2) is 4.56. The Bertz CT molecular complexity index is 181. The number of rotatable bonds is 1. The van der Waals surface area contributed by atoms with Crippen molar-refractivity contribution >= 4 is 24.8 Å². The molecule has 84 valence electrons. The van der Waals surface area contributed by atoms with E-state index in [2.05, 4.69) is 10.2 Å². The minimum atomic E-state index is 0. The highest BCUT2D eigenvalue weighted by Gasteiger charge is 2.42. The van der Waals surface area contributed by atoms with Crippen LogP contribution >= 0.6 is 24.8 Å². The zero-order valence-electron chi connectivity index (χ0n) is 8.50. The van der Waals surface area contributed by atoms with Gasteiger partial charge in [0.1, 0.15) is 0 Å². The Morgan fingerprint density at radius 3 is 1.93 bits per heavy atom. The molecule has 2 saturated heterocycles. The standard InChI is InChI=1S/C10H18N2.2ClH/c1-2-9(1)12-5-3-10(4-6-12)7-11-8-10;;/h9,11H,1-8H2;2*1H. The predicted molar refractivity (Wildman–Crippen MR) is 63.6 cm³/mol. The molecule has 2 heterocycles. The van der Waals surface area contributed by atoms with Gasteiger partial charge in [-0.25, -0.2) is 0 Å². The Balaban J connectivity index is 0.000000490. The summed E-state index contributed by atoms with van der Waals surface area (Å²) in [6, 6.07) is 0.996. The van der Waals surface area contributed by atoms with Gasteiger partial charge in [-0.05, 0) is 44.2 Å². The van der Waals surface area contributed by atoms with Crippen LogP contribution in [-0.4, -0.2) is 37.1 Å². The molecule has 0 aromatic carbocycles. The van der Waals surface area contributed by atoms with Gasteiger partial charge in [-0.2, -0.15) is 0 Å². The van der Waals surface area contributed by atoms with Crippen molar-refractivity contribution in [2.45, 2.75) is 31.7 Å². The van der Waals surface area contributed by atoms with E-state index in [4.69, 9.17) is 0 Å². The summed E-state index contributed by atoms with van der Waals surface area (Å²) in [4.78, 5) is 2.71. The lowest BCUT2D eigenvalue weighted by Gasteiger charge is -2.48. The highest BCUT2D eigenvalue weighted by molar-refractivity contribution is 5.85. The van der Waals surface area contributed by atoms with Crippen molar-refractivity contribution in [3.05, 3.63) is 0 Å². The molecule has 3 fully saturated rings. The minimum Gasteiger partial charge on any atom is -0.316 e. The normalized spacial score (nSPS) is 30.0. The van der Waals surface area contributed by atoms with Crippen LogP contribution in [0.4, 0.5) is 0 Å². The maximum absolute atomic E-state index is 3.41. The lowest BCUT2D eigenvalue weighted by Crippen LogP contribution is -2.58. The molecule has 2 aliphatic heterocycles. The first kappa shape index (κ1) is 12.6. The zero-order chi connectivity index (χ0) is 8.02. The largest absolute Gasteiger partial charge is 0.316 e. The van der Waals surface area contributed by atoms with Gasteiger partial charge in [0.25, 0.3) is 0 Å². The van der Waals surface area contributed by atoms with Crippen molar-refractivity contribution in [1.82, 2.24) is 10.2 Å². The third kappa shape index (κ3) is 2.19. The van der Waals surface area contributed by atoms with Gasteiger partial charge in [-0.1, -0.05) is 0 Å². The maximum atomic E-state index is 3.41. The fourth-order valence-electron chi connectivity index (χ4n) is 2.64. The molecular formula is C10H20Cl2N2. The summed E-state index contributed by atoms with van der Waals surface area (Å²) in [5, 5.41) is 3.41. The number of hydrogen-bond acceptors (Lipinski definition) is 2. The highest BCUT2D eigenvalue weighted by atomic mass is 35.5. The first-order chi connectivity index (χ1) is 5.88. The Morgan fingerprint density at radius 1 is 1.00 bits per heavy atom. The Labute approximate surface area is 98.6 Å². The molecule has 0 unspecified atom stereocenters. The molecule has 0 radical (unpaired) electrons. The first-order valence-corrected chi connectivity index (χ1v) is 5.33. The molecule has 1 saturated carbocycles. The average Bonchev–Trinajstić information content (AvgIpc) is 2.84. The summed E-state index contributed by atoms with van der Waals surface area (Å²) in [6.07, 6.45) is 5.86. The summed E-state index contributed by atoms with van der Waals surface area (Å²) >= 11 is 0. The summed E-state index contributed by atoms with van der Waals surface area (Å²) in [6.45, 7) is 5.36. The number of halogens is 2. The lowest BCUT2D eigenvalue weighted by atomic mass is 9.73. The topological polar surface area (TPSA) is 15.3 Å². The molecule has 0 atom stereocenters. The van der Waals surface area contributed by atoms with E-state index in [1.165, 1.54) is 51.9 Å². The van der Waals surface area contributed by atoms with Crippen LogP contribution in [0.15, 0.2) is 0 Å². The third-order valence-corrected chi connectivity index (χ3v) is 3.92. The molecule has 1 aliphatic carbocycles. The van der Waals surface area contributed by atoms with Crippen molar-refractivity contribution < 1.29 is 0 Å². The van der Waals surface area contributed by atoms with Crippen LogP contribution in [0, 0.1) is 5.41 Å². The monoisotopic (exact) mass is 238 g/mol. The van der Waals surface area contributed by atoms with Crippen LogP contribution in [0.5, 0.6) is 0 Å². The van der Waals surface area contributed by atoms with E-state index < -0.39 is 0 Å². The second-order valence-electron chi connectivity index (χ2n) is 4.87. The Hall–Kier alpha value is 0.500. The molecule has 0 bridgehead atoms. The van der Waals surface area contributed by atoms with Crippen LogP contribution in [0.3, 0.4) is 0 Å². The van der Waals surface area contributed by atoms with Crippen LogP contribution in [0.1, 0.15) is 25.7 Å². The van der Waals surface area contributed by atoms with E-state index in [1.54, 1.807) is 0 Å². The summed E-state index contributed by atoms with van der Waals surface area (Å²) < 4.78 is 0. The molecule has 14 heavy (non-hydrogen) atoms. The second-order valence-corrected chi connectivity index (χ2v) is 4.87. The molecule has 1 spiro atoms. The Morgan fingerprint density at radius 2 is 1.57 bits per heavy atom. The third-order valence-electron chi connectivity index (χ3n) is 3.92. The van der Waals surface area contributed by atoms with Crippen molar-refractivity contribution in [2.75, 3.05) is 26.2 Å². The van der Waals surface area contributed by atoms with Gasteiger partial charge in [0, 0.05) is 19.1 Å². The smallest absolute Gasteiger partial charge is 0.00964 e. The van der Waals surface area contributed by atoms with Gasteiger partial charge in [-0.15, -0.1) is 24.8 Å². The maximum Gasteiger partial charge on any atom is 0.00964 e. The van der Waals surface area contributed by atoms with Crippen molar-refractivity contribution in [1.29, 1.82) is 0 Å². The van der Waals surface area contributed by atoms with Gasteiger partial charge in [-0.3, -0.25) is 0 Å². The molecule has 3 rings (SSSR count). The molecule has 0 aromatic heterocycles. The molecule has 0 amide bonds. The molecule has 4 heteroatoms. The number of hydrogen-bond donors (Lipinski definition) is 1. The van der Waals surface area contributed by atoms with Gasteiger partial charge in [0.05, 0.1) is 0 Å². The van der Waals surface area contributed by atoms with E-state index in [-0.39, 0.29) is 24.8 Å². The van der Waals surface area contributed by atoms with Crippen LogP contribution in [-0.2, 0) is 0 Å². The van der Waals surface area contributed by atoms with Crippen molar-refractivity contribution in [3.63, 3.8) is 0 Å². The van der Waals surface area contributed by atoms with E-state index >= 15 is 0 Å².